The number of benzene rings is 2. The number of fused-ring (bicyclic) bond motifs is 1. The molecule has 2 aromatic rings. The van der Waals surface area contributed by atoms with Crippen LogP contribution in [0.2, 0.25) is 0 Å². The molecule has 0 spiro atoms. The highest BCUT2D eigenvalue weighted by molar-refractivity contribution is 7.89. The van der Waals surface area contributed by atoms with Crippen LogP contribution in [-0.4, -0.2) is 51.6 Å². The van der Waals surface area contributed by atoms with E-state index >= 15 is 0 Å². The first-order valence-corrected chi connectivity index (χ1v) is 10.9. The molecule has 0 bridgehead atoms. The molecule has 4 rings (SSSR count). The second-order valence-corrected chi connectivity index (χ2v) is 9.12. The van der Waals surface area contributed by atoms with Crippen LogP contribution in [0.3, 0.4) is 0 Å². The fraction of sp³-hybridized carbons (Fsp3) is 0.350. The number of piperazine rings is 1. The van der Waals surface area contributed by atoms with E-state index in [-0.39, 0.29) is 16.5 Å². The standard InChI is InChI=1S/C20H23FN4O3S/c1-13-3-4-14(2)17(11-13)24-7-9-25(10-8-24)20(26)19-22-16-12-15(21)5-6-18(16)29(27,28)23-19/h3-6,11-12,19,22-23H,7-10H2,1-2H3/t19-/m1/s1. The Labute approximate surface area is 169 Å². The third-order valence-electron chi connectivity index (χ3n) is 5.35. The largest absolute Gasteiger partial charge is 0.368 e. The van der Waals surface area contributed by atoms with Crippen molar-refractivity contribution in [1.82, 2.24) is 9.62 Å². The van der Waals surface area contributed by atoms with Gasteiger partial charge in [-0.1, -0.05) is 12.1 Å². The van der Waals surface area contributed by atoms with Gasteiger partial charge >= 0.3 is 0 Å². The molecular formula is C20H23FN4O3S. The van der Waals surface area contributed by atoms with Gasteiger partial charge in [-0.15, -0.1) is 0 Å². The number of anilines is 2. The Hall–Kier alpha value is -2.65. The maximum absolute atomic E-state index is 13.5. The SMILES string of the molecule is Cc1ccc(C)c(N2CCN(C(=O)[C@@H]3Nc4cc(F)ccc4S(=O)(=O)N3)CC2)c1. The summed E-state index contributed by atoms with van der Waals surface area (Å²) >= 11 is 0. The zero-order valence-corrected chi connectivity index (χ0v) is 17.1. The predicted octanol–water partition coefficient (Wildman–Crippen LogP) is 1.82. The molecule has 2 aliphatic rings. The molecule has 1 fully saturated rings. The zero-order chi connectivity index (χ0) is 20.8. The lowest BCUT2D eigenvalue weighted by atomic mass is 10.1. The maximum atomic E-state index is 13.5. The van der Waals surface area contributed by atoms with Crippen molar-refractivity contribution >= 4 is 27.3 Å². The molecule has 0 unspecified atom stereocenters. The fourth-order valence-corrected chi connectivity index (χ4v) is 5.03. The van der Waals surface area contributed by atoms with Crippen LogP contribution in [0.15, 0.2) is 41.3 Å². The minimum Gasteiger partial charge on any atom is -0.368 e. The number of amides is 1. The molecule has 1 atom stereocenters. The van der Waals surface area contributed by atoms with Gasteiger partial charge in [-0.2, -0.15) is 4.72 Å². The van der Waals surface area contributed by atoms with Crippen LogP contribution in [0.4, 0.5) is 15.8 Å². The number of nitrogens with zero attached hydrogens (tertiary/aromatic N) is 2. The molecule has 0 radical (unpaired) electrons. The molecule has 0 aromatic heterocycles. The van der Waals surface area contributed by atoms with E-state index in [1.807, 2.05) is 6.92 Å². The first-order valence-electron chi connectivity index (χ1n) is 9.44. The Balaban J connectivity index is 1.47. The molecular weight excluding hydrogens is 395 g/mol. The quantitative estimate of drug-likeness (QED) is 0.778. The van der Waals surface area contributed by atoms with Gasteiger partial charge in [-0.25, -0.2) is 12.8 Å². The van der Waals surface area contributed by atoms with Crippen molar-refractivity contribution in [2.75, 3.05) is 36.4 Å². The summed E-state index contributed by atoms with van der Waals surface area (Å²) in [5.74, 6) is -0.939. The third-order valence-corrected chi connectivity index (χ3v) is 6.83. The number of rotatable bonds is 2. The van der Waals surface area contributed by atoms with Crippen molar-refractivity contribution in [3.05, 3.63) is 53.3 Å². The molecule has 2 aliphatic heterocycles. The maximum Gasteiger partial charge on any atom is 0.261 e. The van der Waals surface area contributed by atoms with Gasteiger partial charge in [0.25, 0.3) is 5.91 Å². The number of aryl methyl sites for hydroxylation is 2. The molecule has 9 heteroatoms. The van der Waals surface area contributed by atoms with Crippen LogP contribution in [0.25, 0.3) is 0 Å². The van der Waals surface area contributed by atoms with Gasteiger partial charge in [0.1, 0.15) is 10.7 Å². The fourth-order valence-electron chi connectivity index (χ4n) is 3.78. The van der Waals surface area contributed by atoms with Crippen molar-refractivity contribution in [2.45, 2.75) is 24.9 Å². The lowest BCUT2D eigenvalue weighted by Crippen LogP contribution is -2.58. The summed E-state index contributed by atoms with van der Waals surface area (Å²) < 4.78 is 40.8. The predicted molar refractivity (Wildman–Crippen MR) is 109 cm³/mol. The molecule has 29 heavy (non-hydrogen) atoms. The average Bonchev–Trinajstić information content (AvgIpc) is 2.68. The molecule has 7 nitrogen and oxygen atoms in total. The normalized spacial score (nSPS) is 20.7. The molecule has 1 saturated heterocycles. The summed E-state index contributed by atoms with van der Waals surface area (Å²) in [6, 6.07) is 9.64. The van der Waals surface area contributed by atoms with E-state index in [9.17, 15) is 17.6 Å². The monoisotopic (exact) mass is 418 g/mol. The number of carbonyl (C=O) groups is 1. The first kappa shape index (κ1) is 19.7. The van der Waals surface area contributed by atoms with E-state index in [1.165, 1.54) is 17.2 Å². The Morgan fingerprint density at radius 3 is 2.52 bits per heavy atom. The number of sulfonamides is 1. The van der Waals surface area contributed by atoms with Crippen molar-refractivity contribution in [3.63, 3.8) is 0 Å². The van der Waals surface area contributed by atoms with Gasteiger partial charge in [-0.3, -0.25) is 4.79 Å². The van der Waals surface area contributed by atoms with Gasteiger partial charge in [0.2, 0.25) is 10.0 Å². The van der Waals surface area contributed by atoms with Crippen molar-refractivity contribution < 1.29 is 17.6 Å². The second-order valence-electron chi connectivity index (χ2n) is 7.44. The van der Waals surface area contributed by atoms with Crippen LogP contribution in [-0.2, 0) is 14.8 Å². The van der Waals surface area contributed by atoms with E-state index in [0.717, 1.165) is 17.8 Å². The number of nitrogens with one attached hydrogen (secondary N) is 2. The van der Waals surface area contributed by atoms with E-state index in [4.69, 9.17) is 0 Å². The Morgan fingerprint density at radius 1 is 1.07 bits per heavy atom. The summed E-state index contributed by atoms with van der Waals surface area (Å²) in [5.41, 5.74) is 3.60. The van der Waals surface area contributed by atoms with Gasteiger partial charge in [0.15, 0.2) is 6.17 Å². The van der Waals surface area contributed by atoms with Crippen LogP contribution < -0.4 is 14.9 Å². The van der Waals surface area contributed by atoms with Gasteiger partial charge < -0.3 is 15.1 Å². The lowest BCUT2D eigenvalue weighted by Gasteiger charge is -2.39. The van der Waals surface area contributed by atoms with Crippen LogP contribution in [0.1, 0.15) is 11.1 Å². The van der Waals surface area contributed by atoms with Gasteiger partial charge in [0.05, 0.1) is 5.69 Å². The van der Waals surface area contributed by atoms with Crippen molar-refractivity contribution in [1.29, 1.82) is 0 Å². The van der Waals surface area contributed by atoms with E-state index < -0.39 is 22.0 Å². The smallest absolute Gasteiger partial charge is 0.261 e. The highest BCUT2D eigenvalue weighted by Gasteiger charge is 2.36. The second kappa shape index (κ2) is 7.31. The highest BCUT2D eigenvalue weighted by Crippen LogP contribution is 2.28. The molecule has 2 aromatic carbocycles. The minimum absolute atomic E-state index is 0.0670. The summed E-state index contributed by atoms with van der Waals surface area (Å²) in [6.07, 6.45) is -1.15. The van der Waals surface area contributed by atoms with Gasteiger partial charge in [-0.05, 0) is 49.2 Å². The average molecular weight is 418 g/mol. The molecule has 1 amide bonds. The Kier molecular flexibility index (Phi) is 4.95. The Bertz CT molecular complexity index is 1070. The summed E-state index contributed by atoms with van der Waals surface area (Å²) in [6.45, 7) is 6.36. The Morgan fingerprint density at radius 2 is 1.79 bits per heavy atom. The van der Waals surface area contributed by atoms with Crippen LogP contribution in [0.5, 0.6) is 0 Å². The van der Waals surface area contributed by atoms with E-state index in [2.05, 4.69) is 40.1 Å². The number of carbonyl (C=O) groups excluding carboxylic acids is 1. The third kappa shape index (κ3) is 3.79. The van der Waals surface area contributed by atoms with Crippen LogP contribution in [0, 0.1) is 19.7 Å². The summed E-state index contributed by atoms with van der Waals surface area (Å²) in [5, 5.41) is 2.81. The van der Waals surface area contributed by atoms with Gasteiger partial charge in [0, 0.05) is 31.9 Å². The highest BCUT2D eigenvalue weighted by atomic mass is 32.2. The summed E-state index contributed by atoms with van der Waals surface area (Å²) in [4.78, 5) is 16.7. The molecule has 0 aliphatic carbocycles. The molecule has 154 valence electrons. The molecule has 0 saturated carbocycles. The van der Waals surface area contributed by atoms with Crippen LogP contribution >= 0.6 is 0 Å². The topological polar surface area (TPSA) is 81.8 Å². The molecule has 2 heterocycles. The van der Waals surface area contributed by atoms with Crippen molar-refractivity contribution in [3.8, 4) is 0 Å². The van der Waals surface area contributed by atoms with E-state index in [0.29, 0.717) is 26.2 Å². The zero-order valence-electron chi connectivity index (χ0n) is 16.3. The summed E-state index contributed by atoms with van der Waals surface area (Å²) in [7, 11) is -3.89. The first-order chi connectivity index (χ1) is 13.7. The number of hydrogen-bond donors (Lipinski definition) is 2. The lowest BCUT2D eigenvalue weighted by molar-refractivity contribution is -0.132. The molecule has 2 N–H and O–H groups in total. The number of hydrogen-bond acceptors (Lipinski definition) is 5. The van der Waals surface area contributed by atoms with E-state index in [1.54, 1.807) is 4.90 Å². The number of halogens is 1. The van der Waals surface area contributed by atoms with Crippen molar-refractivity contribution in [2.24, 2.45) is 0 Å². The minimum atomic E-state index is -3.89.